The Bertz CT molecular complexity index is 906. The Hall–Kier alpha value is -2.38. The van der Waals surface area contributed by atoms with Gasteiger partial charge in [0, 0.05) is 37.3 Å². The highest BCUT2D eigenvalue weighted by Crippen LogP contribution is 2.23. The third-order valence-electron chi connectivity index (χ3n) is 5.48. The lowest BCUT2D eigenvalue weighted by molar-refractivity contribution is -0.142. The monoisotopic (exact) mass is 472 g/mol. The van der Waals surface area contributed by atoms with Gasteiger partial charge in [-0.05, 0) is 42.7 Å². The molecular formula is C23H25BrN2O4. The van der Waals surface area contributed by atoms with Gasteiger partial charge >= 0.3 is 0 Å². The summed E-state index contributed by atoms with van der Waals surface area (Å²) in [5.41, 5.74) is 1.57. The van der Waals surface area contributed by atoms with E-state index < -0.39 is 0 Å². The molecule has 2 aromatic rings. The Labute approximate surface area is 184 Å². The Morgan fingerprint density at radius 3 is 2.53 bits per heavy atom. The second-order valence-electron chi connectivity index (χ2n) is 7.53. The van der Waals surface area contributed by atoms with E-state index in [1.807, 2.05) is 47.4 Å². The number of ether oxygens (including phenoxy) is 2. The summed E-state index contributed by atoms with van der Waals surface area (Å²) in [6, 6.07) is 15.2. The molecule has 2 amide bonds. The van der Waals surface area contributed by atoms with Crippen LogP contribution in [0.15, 0.2) is 53.0 Å². The van der Waals surface area contributed by atoms with Gasteiger partial charge in [-0.1, -0.05) is 40.2 Å². The molecule has 0 aromatic heterocycles. The highest BCUT2D eigenvalue weighted by molar-refractivity contribution is 9.10. The molecule has 2 aliphatic rings. The van der Waals surface area contributed by atoms with E-state index in [0.717, 1.165) is 22.9 Å². The van der Waals surface area contributed by atoms with Crippen molar-refractivity contribution in [2.45, 2.75) is 25.6 Å². The minimum absolute atomic E-state index is 0.0531. The van der Waals surface area contributed by atoms with Gasteiger partial charge in [0.2, 0.25) is 0 Å². The molecule has 6 nitrogen and oxygen atoms in total. The fourth-order valence-corrected chi connectivity index (χ4v) is 4.28. The maximum absolute atomic E-state index is 13.1. The standard InChI is InChI=1S/C23H25BrN2O4/c24-18-6-3-5-17(15-18)16-30-20-8-2-1-7-19(20)22(27)25-10-12-26(13-11-25)23(28)21-9-4-14-29-21/h1-3,5-8,15,21H,4,9-14,16H2. The lowest BCUT2D eigenvalue weighted by Crippen LogP contribution is -2.52. The quantitative estimate of drug-likeness (QED) is 0.668. The molecule has 1 atom stereocenters. The van der Waals surface area contributed by atoms with Crippen molar-refractivity contribution in [2.24, 2.45) is 0 Å². The smallest absolute Gasteiger partial charge is 0.257 e. The predicted octanol–water partition coefficient (Wildman–Crippen LogP) is 3.49. The first-order valence-corrected chi connectivity index (χ1v) is 11.1. The number of carbonyl (C=O) groups is 2. The fourth-order valence-electron chi connectivity index (χ4n) is 3.83. The van der Waals surface area contributed by atoms with E-state index in [1.165, 1.54) is 0 Å². The van der Waals surface area contributed by atoms with Gasteiger partial charge in [-0.3, -0.25) is 9.59 Å². The second kappa shape index (κ2) is 9.62. The number of halogens is 1. The maximum Gasteiger partial charge on any atom is 0.257 e. The normalized spacial score (nSPS) is 19.0. The van der Waals surface area contributed by atoms with Gasteiger partial charge in [0.15, 0.2) is 0 Å². The molecule has 158 valence electrons. The van der Waals surface area contributed by atoms with E-state index in [0.29, 0.717) is 50.7 Å². The van der Waals surface area contributed by atoms with Crippen LogP contribution in [0, 0.1) is 0 Å². The Kier molecular flexibility index (Phi) is 6.69. The maximum atomic E-state index is 13.1. The molecule has 2 fully saturated rings. The number of benzene rings is 2. The van der Waals surface area contributed by atoms with Crippen molar-refractivity contribution in [3.05, 3.63) is 64.1 Å². The summed E-state index contributed by atoms with van der Waals surface area (Å²) in [5, 5.41) is 0. The van der Waals surface area contributed by atoms with Gasteiger partial charge in [0.05, 0.1) is 5.56 Å². The summed E-state index contributed by atoms with van der Waals surface area (Å²) in [6.45, 7) is 3.13. The molecule has 0 N–H and O–H groups in total. The summed E-state index contributed by atoms with van der Waals surface area (Å²) in [7, 11) is 0. The van der Waals surface area contributed by atoms with Crippen LogP contribution in [0.3, 0.4) is 0 Å². The topological polar surface area (TPSA) is 59.1 Å². The SMILES string of the molecule is O=C(c1ccccc1OCc1cccc(Br)c1)N1CCN(C(=O)C2CCCO2)CC1. The van der Waals surface area contributed by atoms with E-state index in [-0.39, 0.29) is 17.9 Å². The fraction of sp³-hybridized carbons (Fsp3) is 0.391. The molecule has 1 unspecified atom stereocenters. The van der Waals surface area contributed by atoms with Crippen molar-refractivity contribution in [1.82, 2.24) is 9.80 Å². The zero-order valence-electron chi connectivity index (χ0n) is 16.8. The molecule has 0 bridgehead atoms. The number of hydrogen-bond donors (Lipinski definition) is 0. The molecule has 2 heterocycles. The minimum Gasteiger partial charge on any atom is -0.488 e. The van der Waals surface area contributed by atoms with Crippen molar-refractivity contribution in [3.63, 3.8) is 0 Å². The van der Waals surface area contributed by atoms with Crippen molar-refractivity contribution < 1.29 is 19.1 Å². The molecule has 2 aromatic carbocycles. The number of amides is 2. The summed E-state index contributed by atoms with van der Waals surface area (Å²) >= 11 is 3.46. The molecule has 0 saturated carbocycles. The molecule has 2 aliphatic heterocycles. The zero-order chi connectivity index (χ0) is 20.9. The Morgan fingerprint density at radius 1 is 1.03 bits per heavy atom. The molecule has 0 radical (unpaired) electrons. The summed E-state index contributed by atoms with van der Waals surface area (Å²) in [4.78, 5) is 29.3. The first-order valence-electron chi connectivity index (χ1n) is 10.3. The molecule has 0 spiro atoms. The van der Waals surface area contributed by atoms with Crippen LogP contribution in [0.4, 0.5) is 0 Å². The lowest BCUT2D eigenvalue weighted by atomic mass is 10.1. The molecule has 7 heteroatoms. The Balaban J connectivity index is 1.37. The van der Waals surface area contributed by atoms with Crippen molar-refractivity contribution in [1.29, 1.82) is 0 Å². The Morgan fingerprint density at radius 2 is 1.80 bits per heavy atom. The van der Waals surface area contributed by atoms with Crippen LogP contribution in [-0.2, 0) is 16.1 Å². The third-order valence-corrected chi connectivity index (χ3v) is 5.98. The average Bonchev–Trinajstić information content (AvgIpc) is 3.32. The van der Waals surface area contributed by atoms with E-state index in [2.05, 4.69) is 15.9 Å². The summed E-state index contributed by atoms with van der Waals surface area (Å²) in [6.07, 6.45) is 1.42. The van der Waals surface area contributed by atoms with Gasteiger partial charge in [-0.15, -0.1) is 0 Å². The first kappa shape index (κ1) is 20.9. The lowest BCUT2D eigenvalue weighted by Gasteiger charge is -2.36. The van der Waals surface area contributed by atoms with E-state index >= 15 is 0 Å². The van der Waals surface area contributed by atoms with Crippen LogP contribution in [0.5, 0.6) is 5.75 Å². The van der Waals surface area contributed by atoms with Gasteiger partial charge in [-0.2, -0.15) is 0 Å². The van der Waals surface area contributed by atoms with Crippen LogP contribution < -0.4 is 4.74 Å². The van der Waals surface area contributed by atoms with E-state index in [4.69, 9.17) is 9.47 Å². The van der Waals surface area contributed by atoms with Crippen LogP contribution in [0.2, 0.25) is 0 Å². The average molecular weight is 473 g/mol. The van der Waals surface area contributed by atoms with Crippen LogP contribution in [0.25, 0.3) is 0 Å². The first-order chi connectivity index (χ1) is 14.6. The number of rotatable bonds is 5. The molecular weight excluding hydrogens is 448 g/mol. The van der Waals surface area contributed by atoms with Crippen LogP contribution in [0.1, 0.15) is 28.8 Å². The molecule has 4 rings (SSSR count). The number of hydrogen-bond acceptors (Lipinski definition) is 4. The van der Waals surface area contributed by atoms with E-state index in [9.17, 15) is 9.59 Å². The predicted molar refractivity (Wildman–Crippen MR) is 116 cm³/mol. The van der Waals surface area contributed by atoms with Crippen molar-refractivity contribution >= 4 is 27.7 Å². The van der Waals surface area contributed by atoms with E-state index in [1.54, 1.807) is 11.0 Å². The number of para-hydroxylation sites is 1. The second-order valence-corrected chi connectivity index (χ2v) is 8.45. The number of carbonyl (C=O) groups excluding carboxylic acids is 2. The molecule has 2 saturated heterocycles. The third kappa shape index (κ3) is 4.84. The van der Waals surface area contributed by atoms with Gasteiger partial charge in [0.25, 0.3) is 11.8 Å². The number of piperazine rings is 1. The highest BCUT2D eigenvalue weighted by Gasteiger charge is 2.32. The van der Waals surface area contributed by atoms with Crippen LogP contribution >= 0.6 is 15.9 Å². The van der Waals surface area contributed by atoms with Crippen molar-refractivity contribution in [2.75, 3.05) is 32.8 Å². The molecule has 0 aliphatic carbocycles. The minimum atomic E-state index is -0.306. The van der Waals surface area contributed by atoms with Gasteiger partial charge in [-0.25, -0.2) is 0 Å². The zero-order valence-corrected chi connectivity index (χ0v) is 18.3. The summed E-state index contributed by atoms with van der Waals surface area (Å²) < 4.78 is 12.5. The van der Waals surface area contributed by atoms with Crippen LogP contribution in [-0.4, -0.2) is 60.5 Å². The van der Waals surface area contributed by atoms with Gasteiger partial charge < -0.3 is 19.3 Å². The summed E-state index contributed by atoms with van der Waals surface area (Å²) in [5.74, 6) is 0.557. The van der Waals surface area contributed by atoms with Gasteiger partial charge in [0.1, 0.15) is 18.5 Å². The number of nitrogens with zero attached hydrogens (tertiary/aromatic N) is 2. The largest absolute Gasteiger partial charge is 0.488 e. The van der Waals surface area contributed by atoms with Crippen molar-refractivity contribution in [3.8, 4) is 5.75 Å². The highest BCUT2D eigenvalue weighted by atomic mass is 79.9. The molecule has 30 heavy (non-hydrogen) atoms.